The fourth-order valence-electron chi connectivity index (χ4n) is 1.60. The van der Waals surface area contributed by atoms with E-state index in [1.54, 1.807) is 12.1 Å². The van der Waals surface area contributed by atoms with Gasteiger partial charge in [0.1, 0.15) is 6.07 Å². The summed E-state index contributed by atoms with van der Waals surface area (Å²) < 4.78 is 0. The van der Waals surface area contributed by atoms with Gasteiger partial charge in [0, 0.05) is 17.1 Å². The predicted molar refractivity (Wildman–Crippen MR) is 70.0 cm³/mol. The first-order valence-electron chi connectivity index (χ1n) is 5.33. The molecule has 0 saturated carbocycles. The number of nitrogens with two attached hydrogens (primary N) is 1. The Labute approximate surface area is 101 Å². The standard InChI is InChI=1S/C14H13N3/c1-10-4-2-3-5-14(10)17-12-6-7-13(16)11(8-12)9-15/h2-8,17H,16H2,1H3. The number of anilines is 3. The lowest BCUT2D eigenvalue weighted by Gasteiger charge is -2.10. The molecule has 0 radical (unpaired) electrons. The third-order valence-corrected chi connectivity index (χ3v) is 2.60. The lowest BCUT2D eigenvalue weighted by atomic mass is 10.1. The van der Waals surface area contributed by atoms with Crippen LogP contribution in [0.3, 0.4) is 0 Å². The quantitative estimate of drug-likeness (QED) is 0.768. The van der Waals surface area contributed by atoms with Gasteiger partial charge < -0.3 is 11.1 Å². The molecule has 0 heterocycles. The minimum atomic E-state index is 0.489. The molecule has 0 aliphatic carbocycles. The Balaban J connectivity index is 2.32. The molecular weight excluding hydrogens is 210 g/mol. The van der Waals surface area contributed by atoms with E-state index in [0.717, 1.165) is 16.9 Å². The number of hydrogen-bond acceptors (Lipinski definition) is 3. The molecular formula is C14H13N3. The van der Waals surface area contributed by atoms with E-state index >= 15 is 0 Å². The molecule has 17 heavy (non-hydrogen) atoms. The van der Waals surface area contributed by atoms with Crippen molar-refractivity contribution in [2.75, 3.05) is 11.1 Å². The maximum absolute atomic E-state index is 8.91. The summed E-state index contributed by atoms with van der Waals surface area (Å²) in [5, 5.41) is 12.2. The second-order valence-electron chi connectivity index (χ2n) is 3.85. The van der Waals surface area contributed by atoms with Crippen molar-refractivity contribution >= 4 is 17.1 Å². The zero-order chi connectivity index (χ0) is 12.3. The number of nitrogens with zero attached hydrogens (tertiary/aromatic N) is 1. The number of nitrogen functional groups attached to an aromatic ring is 1. The summed E-state index contributed by atoms with van der Waals surface area (Å²) in [6.45, 7) is 2.03. The van der Waals surface area contributed by atoms with Crippen LogP contribution in [0, 0.1) is 18.3 Å². The van der Waals surface area contributed by atoms with Crippen molar-refractivity contribution in [3.63, 3.8) is 0 Å². The first-order chi connectivity index (χ1) is 8.20. The van der Waals surface area contributed by atoms with Crippen LogP contribution < -0.4 is 11.1 Å². The van der Waals surface area contributed by atoms with Crippen LogP contribution in [0.15, 0.2) is 42.5 Å². The van der Waals surface area contributed by atoms with Crippen LogP contribution in [0.25, 0.3) is 0 Å². The second-order valence-corrected chi connectivity index (χ2v) is 3.85. The van der Waals surface area contributed by atoms with E-state index in [1.807, 2.05) is 37.3 Å². The van der Waals surface area contributed by atoms with Gasteiger partial charge in [-0.15, -0.1) is 0 Å². The van der Waals surface area contributed by atoms with Gasteiger partial charge in [-0.25, -0.2) is 0 Å². The molecule has 0 unspecified atom stereocenters. The second kappa shape index (κ2) is 4.58. The van der Waals surface area contributed by atoms with Crippen molar-refractivity contribution in [1.82, 2.24) is 0 Å². The summed E-state index contributed by atoms with van der Waals surface area (Å²) in [4.78, 5) is 0. The van der Waals surface area contributed by atoms with Crippen molar-refractivity contribution < 1.29 is 0 Å². The van der Waals surface area contributed by atoms with E-state index < -0.39 is 0 Å². The molecule has 0 spiro atoms. The van der Waals surface area contributed by atoms with Crippen LogP contribution in [-0.4, -0.2) is 0 Å². The summed E-state index contributed by atoms with van der Waals surface area (Å²) in [5.74, 6) is 0. The minimum absolute atomic E-state index is 0.489. The Hall–Kier alpha value is -2.47. The average Bonchev–Trinajstić information content (AvgIpc) is 2.34. The van der Waals surface area contributed by atoms with E-state index in [2.05, 4.69) is 11.4 Å². The Morgan fingerprint density at radius 1 is 1.18 bits per heavy atom. The van der Waals surface area contributed by atoms with Crippen molar-refractivity contribution in [2.24, 2.45) is 0 Å². The highest BCUT2D eigenvalue weighted by atomic mass is 14.9. The zero-order valence-electron chi connectivity index (χ0n) is 9.57. The van der Waals surface area contributed by atoms with Crippen LogP contribution in [-0.2, 0) is 0 Å². The van der Waals surface area contributed by atoms with Gasteiger partial charge in [-0.05, 0) is 36.8 Å². The molecule has 2 rings (SSSR count). The number of hydrogen-bond donors (Lipinski definition) is 2. The number of nitriles is 1. The molecule has 0 fully saturated rings. The van der Waals surface area contributed by atoms with Gasteiger partial charge in [0.15, 0.2) is 0 Å². The van der Waals surface area contributed by atoms with Crippen LogP contribution in [0.5, 0.6) is 0 Å². The smallest absolute Gasteiger partial charge is 0.101 e. The lowest BCUT2D eigenvalue weighted by Crippen LogP contribution is -1.95. The van der Waals surface area contributed by atoms with Gasteiger partial charge in [-0.2, -0.15) is 5.26 Å². The summed E-state index contributed by atoms with van der Waals surface area (Å²) in [6.07, 6.45) is 0. The van der Waals surface area contributed by atoms with Crippen LogP contribution in [0.1, 0.15) is 11.1 Å². The highest BCUT2D eigenvalue weighted by molar-refractivity contribution is 5.68. The maximum atomic E-state index is 8.91. The van der Waals surface area contributed by atoms with Crippen molar-refractivity contribution in [3.05, 3.63) is 53.6 Å². The minimum Gasteiger partial charge on any atom is -0.398 e. The third kappa shape index (κ3) is 2.37. The van der Waals surface area contributed by atoms with Crippen molar-refractivity contribution in [3.8, 4) is 6.07 Å². The third-order valence-electron chi connectivity index (χ3n) is 2.60. The molecule has 0 aliphatic heterocycles. The van der Waals surface area contributed by atoms with Gasteiger partial charge in [0.2, 0.25) is 0 Å². The summed E-state index contributed by atoms with van der Waals surface area (Å²) in [7, 11) is 0. The largest absolute Gasteiger partial charge is 0.398 e. The van der Waals surface area contributed by atoms with E-state index in [0.29, 0.717) is 11.3 Å². The SMILES string of the molecule is Cc1ccccc1Nc1ccc(N)c(C#N)c1. The van der Waals surface area contributed by atoms with E-state index in [9.17, 15) is 0 Å². The van der Waals surface area contributed by atoms with Crippen molar-refractivity contribution in [1.29, 1.82) is 5.26 Å². The fourth-order valence-corrected chi connectivity index (χ4v) is 1.60. The average molecular weight is 223 g/mol. The molecule has 2 aromatic rings. The Morgan fingerprint density at radius 3 is 2.65 bits per heavy atom. The lowest BCUT2D eigenvalue weighted by molar-refractivity contribution is 1.42. The highest BCUT2D eigenvalue weighted by Gasteiger charge is 2.01. The Morgan fingerprint density at radius 2 is 1.94 bits per heavy atom. The molecule has 0 amide bonds. The Bertz CT molecular complexity index is 582. The molecule has 0 aromatic heterocycles. The van der Waals surface area contributed by atoms with Gasteiger partial charge >= 0.3 is 0 Å². The summed E-state index contributed by atoms with van der Waals surface area (Å²) in [6, 6.07) is 15.4. The van der Waals surface area contributed by atoms with Gasteiger partial charge in [0.05, 0.1) is 5.56 Å². The molecule has 84 valence electrons. The Kier molecular flexibility index (Phi) is 2.97. The van der Waals surface area contributed by atoms with E-state index in [-0.39, 0.29) is 0 Å². The van der Waals surface area contributed by atoms with Crippen molar-refractivity contribution in [2.45, 2.75) is 6.92 Å². The monoisotopic (exact) mass is 223 g/mol. The normalized spacial score (nSPS) is 9.65. The molecule has 0 saturated heterocycles. The van der Waals surface area contributed by atoms with E-state index in [1.165, 1.54) is 0 Å². The molecule has 0 atom stereocenters. The van der Waals surface area contributed by atoms with Crippen LogP contribution >= 0.6 is 0 Å². The fraction of sp³-hybridized carbons (Fsp3) is 0.0714. The van der Waals surface area contributed by atoms with E-state index in [4.69, 9.17) is 11.0 Å². The van der Waals surface area contributed by atoms with Crippen LogP contribution in [0.4, 0.5) is 17.1 Å². The number of para-hydroxylation sites is 1. The summed E-state index contributed by atoms with van der Waals surface area (Å²) >= 11 is 0. The molecule has 2 aromatic carbocycles. The number of rotatable bonds is 2. The first kappa shape index (κ1) is 11.0. The van der Waals surface area contributed by atoms with Gasteiger partial charge in [0.25, 0.3) is 0 Å². The maximum Gasteiger partial charge on any atom is 0.101 e. The molecule has 0 aliphatic rings. The number of benzene rings is 2. The molecule has 3 nitrogen and oxygen atoms in total. The van der Waals surface area contributed by atoms with Gasteiger partial charge in [-0.3, -0.25) is 0 Å². The number of nitrogens with one attached hydrogen (secondary N) is 1. The zero-order valence-corrected chi connectivity index (χ0v) is 9.57. The van der Waals surface area contributed by atoms with Crippen LogP contribution in [0.2, 0.25) is 0 Å². The summed E-state index contributed by atoms with van der Waals surface area (Å²) in [5.41, 5.74) is 9.72. The first-order valence-corrected chi connectivity index (χ1v) is 5.33. The molecule has 3 heteroatoms. The number of aryl methyl sites for hydroxylation is 1. The molecule has 3 N–H and O–H groups in total. The topological polar surface area (TPSA) is 61.8 Å². The van der Waals surface area contributed by atoms with Gasteiger partial charge in [-0.1, -0.05) is 18.2 Å². The predicted octanol–water partition coefficient (Wildman–Crippen LogP) is 3.19. The molecule has 0 bridgehead atoms. The highest BCUT2D eigenvalue weighted by Crippen LogP contribution is 2.23.